The van der Waals surface area contributed by atoms with E-state index in [1.54, 1.807) is 24.3 Å². The number of aromatic nitrogens is 1. The molecule has 1 nitrogen and oxygen atoms in total. The molecule has 0 aliphatic heterocycles. The molecule has 94 valence electrons. The average molecular weight is 272 g/mol. The Labute approximate surface area is 107 Å². The molecule has 18 heavy (non-hydrogen) atoms. The summed E-state index contributed by atoms with van der Waals surface area (Å²) < 4.78 is 37.7. The van der Waals surface area contributed by atoms with Gasteiger partial charge in [-0.05, 0) is 17.7 Å². The highest BCUT2D eigenvalue weighted by atomic mass is 35.5. The van der Waals surface area contributed by atoms with Crippen LogP contribution < -0.4 is 0 Å². The fourth-order valence-corrected chi connectivity index (χ4v) is 1.71. The summed E-state index contributed by atoms with van der Waals surface area (Å²) in [5.41, 5.74) is 1.14. The van der Waals surface area contributed by atoms with E-state index < -0.39 is 11.7 Å². The minimum absolute atomic E-state index is 0.297. The Hall–Kier alpha value is -1.55. The third kappa shape index (κ3) is 2.82. The molecule has 5 heteroatoms. The molecule has 1 aromatic heterocycles. The summed E-state index contributed by atoms with van der Waals surface area (Å²) in [5, 5.41) is 0. The molecule has 0 radical (unpaired) electrons. The second kappa shape index (κ2) is 4.98. The first-order chi connectivity index (χ1) is 8.50. The molecule has 2 aromatic rings. The molecule has 0 aliphatic carbocycles. The molecule has 0 saturated heterocycles. The van der Waals surface area contributed by atoms with E-state index >= 15 is 0 Å². The molecule has 0 fully saturated rings. The first-order valence-corrected chi connectivity index (χ1v) is 5.72. The number of benzene rings is 1. The van der Waals surface area contributed by atoms with E-state index in [1.165, 1.54) is 0 Å². The van der Waals surface area contributed by atoms with Crippen molar-refractivity contribution in [1.29, 1.82) is 0 Å². The minimum atomic E-state index is -4.35. The highest BCUT2D eigenvalue weighted by molar-refractivity contribution is 6.17. The maximum Gasteiger partial charge on any atom is 0.416 e. The number of hydrogen-bond donors (Lipinski definition) is 0. The maximum atomic E-state index is 12.6. The lowest BCUT2D eigenvalue weighted by atomic mass is 10.1. The Morgan fingerprint density at radius 2 is 1.72 bits per heavy atom. The molecule has 0 aliphatic rings. The van der Waals surface area contributed by atoms with Crippen LogP contribution in [0.1, 0.15) is 11.1 Å². The van der Waals surface area contributed by atoms with E-state index in [-0.39, 0.29) is 0 Å². The summed E-state index contributed by atoms with van der Waals surface area (Å²) in [5.74, 6) is 0.371. The van der Waals surface area contributed by atoms with Crippen LogP contribution >= 0.6 is 11.6 Å². The highest BCUT2D eigenvalue weighted by Gasteiger charge is 2.30. The Balaban J connectivity index is 2.38. The normalized spacial score (nSPS) is 11.6. The van der Waals surface area contributed by atoms with Gasteiger partial charge >= 0.3 is 6.18 Å². The number of hydrogen-bond acceptors (Lipinski definition) is 1. The summed E-state index contributed by atoms with van der Waals surface area (Å²) in [6.07, 6.45) is -3.19. The largest absolute Gasteiger partial charge is 0.416 e. The van der Waals surface area contributed by atoms with Crippen molar-refractivity contribution in [2.75, 3.05) is 0 Å². The Morgan fingerprint density at radius 1 is 1.06 bits per heavy atom. The summed E-state index contributed by atoms with van der Waals surface area (Å²) in [6.45, 7) is 0. The topological polar surface area (TPSA) is 12.9 Å². The fourth-order valence-electron chi connectivity index (χ4n) is 1.53. The first kappa shape index (κ1) is 12.9. The van der Waals surface area contributed by atoms with Crippen molar-refractivity contribution in [3.8, 4) is 11.3 Å². The smallest absolute Gasteiger partial charge is 0.256 e. The van der Waals surface area contributed by atoms with Crippen molar-refractivity contribution in [1.82, 2.24) is 4.98 Å². The third-order valence-corrected chi connectivity index (χ3v) is 2.80. The van der Waals surface area contributed by atoms with E-state index in [2.05, 4.69) is 4.98 Å². The molecule has 0 N–H and O–H groups in total. The van der Waals surface area contributed by atoms with E-state index in [0.717, 1.165) is 23.9 Å². The predicted molar refractivity (Wildman–Crippen MR) is 64.2 cm³/mol. The molecule has 0 atom stereocenters. The van der Waals surface area contributed by atoms with Crippen LogP contribution in [-0.2, 0) is 12.1 Å². The lowest BCUT2D eigenvalue weighted by molar-refractivity contribution is -0.137. The van der Waals surface area contributed by atoms with Crippen LogP contribution in [0.5, 0.6) is 0 Å². The van der Waals surface area contributed by atoms with Crippen LogP contribution in [-0.4, -0.2) is 4.98 Å². The van der Waals surface area contributed by atoms with E-state index in [0.29, 0.717) is 17.1 Å². The number of rotatable bonds is 2. The van der Waals surface area contributed by atoms with Gasteiger partial charge in [-0.1, -0.05) is 24.3 Å². The van der Waals surface area contributed by atoms with Gasteiger partial charge in [-0.15, -0.1) is 11.6 Å². The van der Waals surface area contributed by atoms with Gasteiger partial charge in [0.15, 0.2) is 0 Å². The standard InChI is InChI=1S/C13H9ClF3N/c14-8-9-1-3-10(4-2-9)12-7-11(5-6-18-12)13(15,16)17/h1-7H,8H2. The molecule has 1 aromatic carbocycles. The van der Waals surface area contributed by atoms with Gasteiger partial charge in [-0.25, -0.2) is 0 Å². The summed E-state index contributed by atoms with van der Waals surface area (Å²) in [7, 11) is 0. The molecule has 0 saturated carbocycles. The van der Waals surface area contributed by atoms with E-state index in [4.69, 9.17) is 11.6 Å². The quantitative estimate of drug-likeness (QED) is 0.733. The monoisotopic (exact) mass is 271 g/mol. The van der Waals surface area contributed by atoms with Crippen LogP contribution in [0.25, 0.3) is 11.3 Å². The van der Waals surface area contributed by atoms with Crippen LogP contribution in [0.3, 0.4) is 0 Å². The van der Waals surface area contributed by atoms with Crippen molar-refractivity contribution in [3.63, 3.8) is 0 Å². The van der Waals surface area contributed by atoms with Gasteiger partial charge in [0.2, 0.25) is 0 Å². The van der Waals surface area contributed by atoms with Gasteiger partial charge in [0, 0.05) is 17.6 Å². The SMILES string of the molecule is FC(F)(F)c1ccnc(-c2ccc(CCl)cc2)c1. The van der Waals surface area contributed by atoms with Crippen LogP contribution in [0.2, 0.25) is 0 Å². The fraction of sp³-hybridized carbons (Fsp3) is 0.154. The van der Waals surface area contributed by atoms with Gasteiger partial charge in [-0.3, -0.25) is 4.98 Å². The van der Waals surface area contributed by atoms with Crippen molar-refractivity contribution >= 4 is 11.6 Å². The molecular formula is C13H9ClF3N. The molecule has 1 heterocycles. The molecular weight excluding hydrogens is 263 g/mol. The van der Waals surface area contributed by atoms with Crippen molar-refractivity contribution < 1.29 is 13.2 Å². The van der Waals surface area contributed by atoms with Crippen LogP contribution in [0, 0.1) is 0 Å². The molecule has 0 spiro atoms. The van der Waals surface area contributed by atoms with Crippen molar-refractivity contribution in [3.05, 3.63) is 53.7 Å². The van der Waals surface area contributed by atoms with Gasteiger partial charge < -0.3 is 0 Å². The van der Waals surface area contributed by atoms with Crippen LogP contribution in [0.4, 0.5) is 13.2 Å². The lowest BCUT2D eigenvalue weighted by Gasteiger charge is -2.08. The predicted octanol–water partition coefficient (Wildman–Crippen LogP) is 4.51. The van der Waals surface area contributed by atoms with Crippen molar-refractivity contribution in [2.45, 2.75) is 12.1 Å². The number of pyridine rings is 1. The second-order valence-corrected chi connectivity index (χ2v) is 4.03. The average Bonchev–Trinajstić information content (AvgIpc) is 2.38. The number of nitrogens with zero attached hydrogens (tertiary/aromatic N) is 1. The zero-order chi connectivity index (χ0) is 13.2. The van der Waals surface area contributed by atoms with Gasteiger partial charge in [0.25, 0.3) is 0 Å². The Morgan fingerprint density at radius 3 is 2.28 bits per heavy atom. The summed E-state index contributed by atoms with van der Waals surface area (Å²) in [4.78, 5) is 3.95. The summed E-state index contributed by atoms with van der Waals surface area (Å²) in [6, 6.07) is 8.95. The van der Waals surface area contributed by atoms with E-state index in [1.807, 2.05) is 0 Å². The van der Waals surface area contributed by atoms with Gasteiger partial charge in [0.1, 0.15) is 0 Å². The van der Waals surface area contributed by atoms with Gasteiger partial charge in [0.05, 0.1) is 11.3 Å². The lowest BCUT2D eigenvalue weighted by Crippen LogP contribution is -2.05. The van der Waals surface area contributed by atoms with Gasteiger partial charge in [-0.2, -0.15) is 13.2 Å². The zero-order valence-electron chi connectivity index (χ0n) is 9.21. The second-order valence-electron chi connectivity index (χ2n) is 3.76. The third-order valence-electron chi connectivity index (χ3n) is 2.49. The Bertz CT molecular complexity index is 535. The number of alkyl halides is 4. The molecule has 0 unspecified atom stereocenters. The maximum absolute atomic E-state index is 12.6. The minimum Gasteiger partial charge on any atom is -0.256 e. The highest BCUT2D eigenvalue weighted by Crippen LogP contribution is 2.31. The summed E-state index contributed by atoms with van der Waals surface area (Å²) >= 11 is 5.65. The van der Waals surface area contributed by atoms with Crippen molar-refractivity contribution in [2.24, 2.45) is 0 Å². The van der Waals surface area contributed by atoms with Crippen LogP contribution in [0.15, 0.2) is 42.6 Å². The molecule has 0 amide bonds. The molecule has 0 bridgehead atoms. The number of halogens is 4. The zero-order valence-corrected chi connectivity index (χ0v) is 9.96. The Kier molecular flexibility index (Phi) is 3.57. The van der Waals surface area contributed by atoms with E-state index in [9.17, 15) is 13.2 Å². The first-order valence-electron chi connectivity index (χ1n) is 5.19. The molecule has 2 rings (SSSR count).